The zero-order valence-corrected chi connectivity index (χ0v) is 22.5. The highest BCUT2D eigenvalue weighted by molar-refractivity contribution is 7.63. The van der Waals surface area contributed by atoms with Crippen molar-refractivity contribution >= 4 is 25.8 Å². The summed E-state index contributed by atoms with van der Waals surface area (Å²) in [7, 11) is -7.11. The van der Waals surface area contributed by atoms with E-state index in [1.807, 2.05) is 103 Å². The maximum atomic E-state index is 13.3. The second-order valence-corrected chi connectivity index (χ2v) is 12.6. The lowest BCUT2D eigenvalue weighted by atomic mass is 10.0. The number of hydrogen-bond acceptors (Lipinski definition) is 5. The van der Waals surface area contributed by atoms with Crippen molar-refractivity contribution in [2.24, 2.45) is 0 Å². The third kappa shape index (κ3) is 4.96. The largest absolute Gasteiger partial charge is 0.421 e. The summed E-state index contributed by atoms with van der Waals surface area (Å²) in [5, 5.41) is 0.989. The molecule has 0 aliphatic carbocycles. The quantitative estimate of drug-likeness (QED) is 0.235. The Morgan fingerprint density at radius 2 is 1.00 bits per heavy atom. The second kappa shape index (κ2) is 10.3. The van der Waals surface area contributed by atoms with Crippen LogP contribution in [0.15, 0.2) is 127 Å². The standard InChI is InChI=1S/C19H15O3P.C12H9O3P/c20-23(21-14-15-8-2-1-3-9-15)19-13-7-5-11-17(19)16-10-4-6-12-18(16)22-23;13-16(14)12-8-4-2-6-10(12)9-5-1-3-7-11(9)15-16/h1-13H,14H2;1-8H,(H,13,14). The molecule has 0 spiro atoms. The number of fused-ring (bicyclic) bond motifs is 6. The van der Waals surface area contributed by atoms with Gasteiger partial charge in [-0.1, -0.05) is 103 Å². The summed E-state index contributed by atoms with van der Waals surface area (Å²) in [6.07, 6.45) is 0. The maximum Gasteiger partial charge on any atom is 0.411 e. The van der Waals surface area contributed by atoms with Crippen LogP contribution in [0.25, 0.3) is 22.3 Å². The fourth-order valence-electron chi connectivity index (χ4n) is 4.62. The SMILES string of the molecule is O=P1(O)Oc2ccccc2-c2ccccc21.O=P1(OCc2ccccc2)Oc2ccccc2-c2ccccc21. The van der Waals surface area contributed by atoms with Gasteiger partial charge in [0.25, 0.3) is 0 Å². The normalized spacial score (nSPS) is 19.9. The lowest BCUT2D eigenvalue weighted by Crippen LogP contribution is -2.19. The van der Waals surface area contributed by atoms with E-state index in [0.717, 1.165) is 27.8 Å². The van der Waals surface area contributed by atoms with E-state index in [1.165, 1.54) is 0 Å². The molecule has 0 bridgehead atoms. The van der Waals surface area contributed by atoms with Crippen LogP contribution in [-0.4, -0.2) is 4.89 Å². The number of hydrogen-bond donors (Lipinski definition) is 1. The topological polar surface area (TPSA) is 82.1 Å². The van der Waals surface area contributed by atoms with Crippen LogP contribution >= 0.6 is 15.2 Å². The predicted molar refractivity (Wildman–Crippen MR) is 153 cm³/mol. The first-order chi connectivity index (χ1) is 18.9. The first-order valence-corrected chi connectivity index (χ1v) is 15.5. The summed E-state index contributed by atoms with van der Waals surface area (Å²) >= 11 is 0. The van der Waals surface area contributed by atoms with Gasteiger partial charge in [-0.05, 0) is 29.8 Å². The molecule has 2 atom stereocenters. The van der Waals surface area contributed by atoms with Crippen molar-refractivity contribution in [2.45, 2.75) is 6.61 Å². The molecule has 2 aliphatic rings. The van der Waals surface area contributed by atoms with Crippen LogP contribution in [0, 0.1) is 0 Å². The summed E-state index contributed by atoms with van der Waals surface area (Å²) in [5.74, 6) is 1.06. The molecule has 194 valence electrons. The van der Waals surface area contributed by atoms with Crippen LogP contribution in [-0.2, 0) is 20.3 Å². The molecule has 7 rings (SSSR count). The Morgan fingerprint density at radius 1 is 0.538 bits per heavy atom. The predicted octanol–water partition coefficient (Wildman–Crippen LogP) is 7.34. The van der Waals surface area contributed by atoms with E-state index in [9.17, 15) is 14.0 Å². The third-order valence-electron chi connectivity index (χ3n) is 6.45. The zero-order chi connectivity index (χ0) is 26.9. The molecule has 2 aliphatic heterocycles. The molecule has 0 aromatic heterocycles. The molecule has 0 radical (unpaired) electrons. The van der Waals surface area contributed by atoms with Crippen LogP contribution in [0.3, 0.4) is 0 Å². The molecule has 0 fully saturated rings. The lowest BCUT2D eigenvalue weighted by molar-refractivity contribution is 0.264. The van der Waals surface area contributed by atoms with Gasteiger partial charge in [-0.25, -0.2) is 9.13 Å². The molecule has 8 heteroatoms. The molecule has 0 saturated heterocycles. The first kappa shape index (κ1) is 25.4. The Balaban J connectivity index is 0.000000151. The summed E-state index contributed by atoms with van der Waals surface area (Å²) in [4.78, 5) is 9.81. The highest BCUT2D eigenvalue weighted by Crippen LogP contribution is 2.55. The molecule has 39 heavy (non-hydrogen) atoms. The maximum absolute atomic E-state index is 13.3. The van der Waals surface area contributed by atoms with Crippen molar-refractivity contribution in [1.82, 2.24) is 0 Å². The molecule has 5 aromatic carbocycles. The molecule has 2 unspecified atom stereocenters. The fraction of sp³-hybridized carbons (Fsp3) is 0.0323. The van der Waals surface area contributed by atoms with Gasteiger partial charge in [0.15, 0.2) is 0 Å². The van der Waals surface area contributed by atoms with Crippen LogP contribution in [0.5, 0.6) is 11.5 Å². The van der Waals surface area contributed by atoms with Crippen molar-refractivity contribution < 1.29 is 27.6 Å². The Hall–Kier alpha value is -3.92. The van der Waals surface area contributed by atoms with E-state index in [-0.39, 0.29) is 6.61 Å². The second-order valence-electron chi connectivity index (χ2n) is 8.99. The monoisotopic (exact) mass is 554 g/mol. The molecule has 1 N–H and O–H groups in total. The van der Waals surface area contributed by atoms with Crippen LogP contribution in [0.2, 0.25) is 0 Å². The molecule has 6 nitrogen and oxygen atoms in total. The molecule has 0 saturated carbocycles. The van der Waals surface area contributed by atoms with Crippen molar-refractivity contribution in [3.05, 3.63) is 133 Å². The van der Waals surface area contributed by atoms with Gasteiger partial charge in [-0.3, -0.25) is 4.52 Å². The highest BCUT2D eigenvalue weighted by Gasteiger charge is 2.37. The van der Waals surface area contributed by atoms with Crippen molar-refractivity contribution in [3.8, 4) is 33.8 Å². The van der Waals surface area contributed by atoms with Gasteiger partial charge in [0, 0.05) is 22.3 Å². The lowest BCUT2D eigenvalue weighted by Gasteiger charge is -2.27. The zero-order valence-electron chi connectivity index (χ0n) is 20.7. The summed E-state index contributed by atoms with van der Waals surface area (Å²) < 4.78 is 42.0. The minimum absolute atomic E-state index is 0.245. The van der Waals surface area contributed by atoms with Crippen molar-refractivity contribution in [3.63, 3.8) is 0 Å². The van der Waals surface area contributed by atoms with Gasteiger partial charge < -0.3 is 13.9 Å². The van der Waals surface area contributed by atoms with E-state index >= 15 is 0 Å². The van der Waals surface area contributed by atoms with Gasteiger partial charge in [-0.2, -0.15) is 0 Å². The van der Waals surface area contributed by atoms with Gasteiger partial charge in [0.05, 0.1) is 17.2 Å². The highest BCUT2D eigenvalue weighted by atomic mass is 31.2. The number of rotatable bonds is 3. The summed E-state index contributed by atoms with van der Waals surface area (Å²) in [6, 6.07) is 39.1. The van der Waals surface area contributed by atoms with Crippen molar-refractivity contribution in [1.29, 1.82) is 0 Å². The van der Waals surface area contributed by atoms with E-state index < -0.39 is 15.2 Å². The van der Waals surface area contributed by atoms with Gasteiger partial charge >= 0.3 is 15.2 Å². The summed E-state index contributed by atoms with van der Waals surface area (Å²) in [5.41, 5.74) is 4.44. The minimum Gasteiger partial charge on any atom is -0.421 e. The van der Waals surface area contributed by atoms with Gasteiger partial charge in [-0.15, -0.1) is 0 Å². The first-order valence-electron chi connectivity index (χ1n) is 12.3. The Labute approximate surface area is 226 Å². The summed E-state index contributed by atoms with van der Waals surface area (Å²) in [6.45, 7) is 0.245. The van der Waals surface area contributed by atoms with E-state index in [0.29, 0.717) is 22.1 Å². The molecular weight excluding hydrogens is 530 g/mol. The van der Waals surface area contributed by atoms with Gasteiger partial charge in [0.1, 0.15) is 11.5 Å². The minimum atomic E-state index is -3.71. The third-order valence-corrected chi connectivity index (χ3v) is 9.78. The number of para-hydroxylation sites is 2. The van der Waals surface area contributed by atoms with Gasteiger partial charge in [0.2, 0.25) is 0 Å². The van der Waals surface area contributed by atoms with E-state index in [1.54, 1.807) is 24.3 Å². The Morgan fingerprint density at radius 3 is 1.64 bits per heavy atom. The van der Waals surface area contributed by atoms with E-state index in [4.69, 9.17) is 13.6 Å². The Kier molecular flexibility index (Phi) is 6.72. The fourth-order valence-corrected chi connectivity index (χ4v) is 7.70. The number of benzene rings is 5. The molecule has 2 heterocycles. The molecule has 5 aromatic rings. The average molecular weight is 554 g/mol. The van der Waals surface area contributed by atoms with Crippen LogP contribution in [0.4, 0.5) is 0 Å². The van der Waals surface area contributed by atoms with Crippen LogP contribution < -0.4 is 19.7 Å². The average Bonchev–Trinajstić information content (AvgIpc) is 2.97. The van der Waals surface area contributed by atoms with Crippen LogP contribution in [0.1, 0.15) is 5.56 Å². The van der Waals surface area contributed by atoms with Crippen molar-refractivity contribution in [2.75, 3.05) is 0 Å². The smallest absolute Gasteiger partial charge is 0.411 e. The molecule has 0 amide bonds. The Bertz CT molecular complexity index is 1750. The van der Waals surface area contributed by atoms with E-state index in [2.05, 4.69) is 0 Å². The molecular formula is C31H24O6P2.